The zero-order chi connectivity index (χ0) is 18.9. The Kier molecular flexibility index (Phi) is 4.30. The molecule has 0 saturated carbocycles. The van der Waals surface area contributed by atoms with Crippen molar-refractivity contribution in [3.63, 3.8) is 0 Å². The van der Waals surface area contributed by atoms with Gasteiger partial charge in [-0.3, -0.25) is 25.8 Å². The highest BCUT2D eigenvalue weighted by Crippen LogP contribution is 2.35. The van der Waals surface area contributed by atoms with Crippen LogP contribution < -0.4 is 16.4 Å². The van der Waals surface area contributed by atoms with Crippen LogP contribution >= 0.6 is 0 Å². The zero-order valence-electron chi connectivity index (χ0n) is 15.1. The molecule has 0 spiro atoms. The number of anilines is 2. The van der Waals surface area contributed by atoms with Crippen LogP contribution in [0.5, 0.6) is 0 Å². The average molecular weight is 351 g/mol. The molecule has 0 amide bonds. The number of para-hydroxylation sites is 1. The van der Waals surface area contributed by atoms with Crippen molar-refractivity contribution >= 4 is 17.2 Å². The Labute approximate surface area is 151 Å². The van der Waals surface area contributed by atoms with Gasteiger partial charge in [-0.1, -0.05) is 39.0 Å². The summed E-state index contributed by atoms with van der Waals surface area (Å²) in [7, 11) is 0. The third-order valence-electron chi connectivity index (χ3n) is 3.99. The van der Waals surface area contributed by atoms with E-state index < -0.39 is 0 Å². The first-order valence-corrected chi connectivity index (χ1v) is 8.18. The Bertz CT molecular complexity index is 1010. The molecule has 3 aromatic rings. The van der Waals surface area contributed by atoms with Crippen LogP contribution in [0.3, 0.4) is 0 Å². The number of hydrogen-bond acceptors (Lipinski definition) is 4. The molecular weight excluding hydrogens is 330 g/mol. The van der Waals surface area contributed by atoms with Crippen LogP contribution in [-0.2, 0) is 5.41 Å². The van der Waals surface area contributed by atoms with Crippen LogP contribution in [0.4, 0.5) is 17.2 Å². The molecule has 0 aliphatic carbocycles. The Morgan fingerprint density at radius 1 is 1.19 bits per heavy atom. The SMILES string of the molecule is [C-]#[N+]c1c(NNc2c(C)[nH]n(-c3ccccc3)c2=O)n[nH]c1C(C)(C)C. The fraction of sp³-hybridized carbons (Fsp3) is 0.278. The second-order valence-electron chi connectivity index (χ2n) is 7.00. The summed E-state index contributed by atoms with van der Waals surface area (Å²) in [6.07, 6.45) is 0. The van der Waals surface area contributed by atoms with Gasteiger partial charge in [0.05, 0.1) is 18.0 Å². The summed E-state index contributed by atoms with van der Waals surface area (Å²) >= 11 is 0. The lowest BCUT2D eigenvalue weighted by Gasteiger charge is -2.16. The van der Waals surface area contributed by atoms with E-state index in [1.165, 1.54) is 4.68 Å². The lowest BCUT2D eigenvalue weighted by molar-refractivity contribution is 0.569. The second kappa shape index (κ2) is 6.44. The second-order valence-corrected chi connectivity index (χ2v) is 7.00. The van der Waals surface area contributed by atoms with Gasteiger partial charge in [-0.15, -0.1) is 0 Å². The summed E-state index contributed by atoms with van der Waals surface area (Å²) in [5.41, 5.74) is 8.22. The lowest BCUT2D eigenvalue weighted by Crippen LogP contribution is -2.20. The fourth-order valence-electron chi connectivity index (χ4n) is 2.63. The molecule has 1 aromatic carbocycles. The maximum Gasteiger partial charge on any atom is 0.296 e. The topological polar surface area (TPSA) is 94.9 Å². The first kappa shape index (κ1) is 17.4. The molecule has 0 aliphatic heterocycles. The summed E-state index contributed by atoms with van der Waals surface area (Å²) in [6.45, 7) is 15.2. The van der Waals surface area contributed by atoms with Crippen molar-refractivity contribution in [2.75, 3.05) is 10.9 Å². The predicted molar refractivity (Wildman–Crippen MR) is 102 cm³/mol. The number of aromatic nitrogens is 4. The molecule has 8 nitrogen and oxygen atoms in total. The zero-order valence-corrected chi connectivity index (χ0v) is 15.1. The van der Waals surface area contributed by atoms with Gasteiger partial charge in [0.1, 0.15) is 5.69 Å². The molecule has 2 heterocycles. The highest BCUT2D eigenvalue weighted by molar-refractivity contribution is 5.71. The standard InChI is InChI=1S/C18H21N7O/c1-11-13(17(26)25(24-11)12-9-7-6-8-10-12)20-22-16-14(19-5)15(21-23-16)18(2,3)4/h6-10,20,24H,1-4H3,(H2,21,22,23). The third kappa shape index (κ3) is 3.07. The Balaban J connectivity index is 1.88. The number of H-pyrrole nitrogens is 2. The van der Waals surface area contributed by atoms with Crippen molar-refractivity contribution in [2.24, 2.45) is 0 Å². The predicted octanol–water partition coefficient (Wildman–Crippen LogP) is 3.48. The molecule has 3 rings (SSSR count). The number of hydrazine groups is 1. The fourth-order valence-corrected chi connectivity index (χ4v) is 2.63. The minimum atomic E-state index is -0.239. The van der Waals surface area contributed by atoms with Crippen LogP contribution in [0.25, 0.3) is 10.5 Å². The van der Waals surface area contributed by atoms with Crippen LogP contribution in [0.2, 0.25) is 0 Å². The van der Waals surface area contributed by atoms with E-state index in [1.54, 1.807) is 6.92 Å². The van der Waals surface area contributed by atoms with Gasteiger partial charge in [-0.25, -0.2) is 9.53 Å². The Morgan fingerprint density at radius 2 is 1.88 bits per heavy atom. The molecule has 8 heteroatoms. The number of hydrogen-bond donors (Lipinski definition) is 4. The molecule has 134 valence electrons. The van der Waals surface area contributed by atoms with Gasteiger partial charge in [0, 0.05) is 5.69 Å². The molecule has 0 fully saturated rings. The Morgan fingerprint density at radius 3 is 2.50 bits per heavy atom. The highest BCUT2D eigenvalue weighted by atomic mass is 16.1. The minimum absolute atomic E-state index is 0.225. The van der Waals surface area contributed by atoms with E-state index in [2.05, 4.69) is 31.0 Å². The minimum Gasteiger partial charge on any atom is -0.294 e. The smallest absolute Gasteiger partial charge is 0.294 e. The monoisotopic (exact) mass is 351 g/mol. The summed E-state index contributed by atoms with van der Waals surface area (Å²) in [5.74, 6) is 0.358. The van der Waals surface area contributed by atoms with Crippen molar-refractivity contribution < 1.29 is 0 Å². The number of aryl methyl sites for hydroxylation is 1. The largest absolute Gasteiger partial charge is 0.296 e. The molecule has 26 heavy (non-hydrogen) atoms. The van der Waals surface area contributed by atoms with Gasteiger partial charge in [0.2, 0.25) is 0 Å². The normalized spacial score (nSPS) is 11.2. The molecule has 0 atom stereocenters. The average Bonchev–Trinajstić information content (AvgIpc) is 3.14. The molecule has 0 saturated heterocycles. The summed E-state index contributed by atoms with van der Waals surface area (Å²) in [5, 5.41) is 10.1. The van der Waals surface area contributed by atoms with Crippen molar-refractivity contribution in [2.45, 2.75) is 33.1 Å². The van der Waals surface area contributed by atoms with Crippen molar-refractivity contribution in [1.82, 2.24) is 20.0 Å². The number of aromatic amines is 2. The first-order valence-electron chi connectivity index (χ1n) is 8.18. The van der Waals surface area contributed by atoms with Crippen LogP contribution in [0, 0.1) is 13.5 Å². The number of rotatable bonds is 4. The van der Waals surface area contributed by atoms with Gasteiger partial charge in [0.15, 0.2) is 5.82 Å². The maximum atomic E-state index is 12.7. The van der Waals surface area contributed by atoms with E-state index in [9.17, 15) is 4.79 Å². The molecule has 2 aromatic heterocycles. The quantitative estimate of drug-likeness (QED) is 0.427. The van der Waals surface area contributed by atoms with E-state index in [-0.39, 0.29) is 11.0 Å². The van der Waals surface area contributed by atoms with Crippen molar-refractivity contribution in [3.8, 4) is 5.69 Å². The first-order chi connectivity index (χ1) is 12.3. The molecular formula is C18H21N7O. The summed E-state index contributed by atoms with van der Waals surface area (Å²) in [4.78, 5) is 16.2. The van der Waals surface area contributed by atoms with Gasteiger partial charge in [-0.05, 0) is 24.5 Å². The third-order valence-corrected chi connectivity index (χ3v) is 3.99. The number of nitrogens with one attached hydrogen (secondary N) is 4. The van der Waals surface area contributed by atoms with Gasteiger partial charge in [0.25, 0.3) is 11.2 Å². The molecule has 0 aliphatic rings. The summed E-state index contributed by atoms with van der Waals surface area (Å²) < 4.78 is 1.46. The summed E-state index contributed by atoms with van der Waals surface area (Å²) in [6, 6.07) is 9.30. The molecule has 0 bridgehead atoms. The van der Waals surface area contributed by atoms with Crippen molar-refractivity contribution in [1.29, 1.82) is 0 Å². The van der Waals surface area contributed by atoms with E-state index in [0.717, 1.165) is 11.4 Å². The van der Waals surface area contributed by atoms with E-state index in [0.29, 0.717) is 22.9 Å². The van der Waals surface area contributed by atoms with Crippen LogP contribution in [0.15, 0.2) is 35.1 Å². The van der Waals surface area contributed by atoms with E-state index in [1.807, 2.05) is 51.1 Å². The van der Waals surface area contributed by atoms with Gasteiger partial charge >= 0.3 is 0 Å². The van der Waals surface area contributed by atoms with Crippen molar-refractivity contribution in [3.05, 3.63) is 63.5 Å². The lowest BCUT2D eigenvalue weighted by atomic mass is 9.91. The van der Waals surface area contributed by atoms with E-state index >= 15 is 0 Å². The molecule has 0 radical (unpaired) electrons. The number of nitrogens with zero attached hydrogens (tertiary/aromatic N) is 3. The molecule has 0 unspecified atom stereocenters. The highest BCUT2D eigenvalue weighted by Gasteiger charge is 2.24. The number of benzene rings is 1. The van der Waals surface area contributed by atoms with Gasteiger partial charge in [-0.2, -0.15) is 5.10 Å². The molecule has 4 N–H and O–H groups in total. The van der Waals surface area contributed by atoms with E-state index in [4.69, 9.17) is 6.57 Å². The Hall–Kier alpha value is -3.47. The van der Waals surface area contributed by atoms with Gasteiger partial charge < -0.3 is 0 Å². The van der Waals surface area contributed by atoms with Crippen LogP contribution in [-0.4, -0.2) is 20.0 Å². The van der Waals surface area contributed by atoms with Crippen LogP contribution in [0.1, 0.15) is 32.2 Å². The maximum absolute atomic E-state index is 12.7.